The minimum absolute atomic E-state index is 0.0561. The van der Waals surface area contributed by atoms with E-state index in [0.717, 1.165) is 22.5 Å². The minimum atomic E-state index is -0.808. The van der Waals surface area contributed by atoms with E-state index in [2.05, 4.69) is 10.3 Å². The molecule has 4 heteroatoms. The Morgan fingerprint density at radius 2 is 1.85 bits per heavy atom. The van der Waals surface area contributed by atoms with Crippen LogP contribution in [-0.2, 0) is 24.3 Å². The second kappa shape index (κ2) is 6.82. The van der Waals surface area contributed by atoms with E-state index in [1.54, 1.807) is 0 Å². The Morgan fingerprint density at radius 3 is 2.55 bits per heavy atom. The fourth-order valence-electron chi connectivity index (χ4n) is 2.09. The van der Waals surface area contributed by atoms with Crippen molar-refractivity contribution in [3.8, 4) is 0 Å². The maximum atomic E-state index is 10.8. The van der Waals surface area contributed by atoms with E-state index in [9.17, 15) is 4.79 Å². The molecule has 4 nitrogen and oxygen atoms in total. The Morgan fingerprint density at radius 1 is 1.10 bits per heavy atom. The van der Waals surface area contributed by atoms with Gasteiger partial charge in [-0.1, -0.05) is 30.3 Å². The van der Waals surface area contributed by atoms with Gasteiger partial charge in [0.15, 0.2) is 0 Å². The zero-order valence-corrected chi connectivity index (χ0v) is 11.5. The largest absolute Gasteiger partial charge is 0.481 e. The summed E-state index contributed by atoms with van der Waals surface area (Å²) in [5.41, 5.74) is 3.85. The summed E-state index contributed by atoms with van der Waals surface area (Å²) in [5.74, 6) is -0.808. The molecule has 0 spiro atoms. The van der Waals surface area contributed by atoms with Crippen molar-refractivity contribution in [2.75, 3.05) is 0 Å². The molecule has 2 rings (SSSR count). The Kier molecular flexibility index (Phi) is 4.85. The number of carboxylic acids is 1. The number of carboxylic acid groups (broad SMARTS) is 1. The number of aromatic nitrogens is 1. The van der Waals surface area contributed by atoms with E-state index >= 15 is 0 Å². The molecule has 0 amide bonds. The third-order valence-corrected chi connectivity index (χ3v) is 3.03. The normalized spacial score (nSPS) is 10.4. The summed E-state index contributed by atoms with van der Waals surface area (Å²) in [7, 11) is 0. The number of nitrogens with one attached hydrogen (secondary N) is 1. The molecule has 0 aliphatic heterocycles. The second-order valence-electron chi connectivity index (χ2n) is 4.71. The molecule has 2 aromatic rings. The molecule has 0 aliphatic rings. The zero-order chi connectivity index (χ0) is 14.4. The summed E-state index contributed by atoms with van der Waals surface area (Å²) in [6.07, 6.45) is 0.0561. The van der Waals surface area contributed by atoms with Gasteiger partial charge in [0.2, 0.25) is 0 Å². The standard InChI is InChI=1S/C16H18N2O2/c1-12-5-4-8-15(18-12)11-17-10-14-7-3-2-6-13(14)9-16(19)20/h2-8,17H,9-11H2,1H3,(H,19,20). The Hall–Kier alpha value is -2.20. The molecule has 0 bridgehead atoms. The molecule has 1 aromatic carbocycles. The average molecular weight is 270 g/mol. The van der Waals surface area contributed by atoms with Gasteiger partial charge in [0.25, 0.3) is 0 Å². The Balaban J connectivity index is 1.95. The Bertz CT molecular complexity index is 597. The number of pyridine rings is 1. The van der Waals surface area contributed by atoms with E-state index in [4.69, 9.17) is 5.11 Å². The van der Waals surface area contributed by atoms with Crippen LogP contribution in [0.15, 0.2) is 42.5 Å². The van der Waals surface area contributed by atoms with Crippen LogP contribution in [0.1, 0.15) is 22.5 Å². The number of hydrogen-bond acceptors (Lipinski definition) is 3. The molecule has 2 N–H and O–H groups in total. The van der Waals surface area contributed by atoms with Crippen LogP contribution in [0.2, 0.25) is 0 Å². The first-order valence-electron chi connectivity index (χ1n) is 6.57. The summed E-state index contributed by atoms with van der Waals surface area (Å²) >= 11 is 0. The van der Waals surface area contributed by atoms with Gasteiger partial charge in [-0.05, 0) is 30.2 Å². The second-order valence-corrected chi connectivity index (χ2v) is 4.71. The molecule has 20 heavy (non-hydrogen) atoms. The van der Waals surface area contributed by atoms with Gasteiger partial charge in [-0.25, -0.2) is 0 Å². The van der Waals surface area contributed by atoms with Gasteiger partial charge in [0, 0.05) is 18.8 Å². The van der Waals surface area contributed by atoms with Gasteiger partial charge >= 0.3 is 5.97 Å². The number of benzene rings is 1. The van der Waals surface area contributed by atoms with Crippen LogP contribution < -0.4 is 5.32 Å². The van der Waals surface area contributed by atoms with Crippen molar-refractivity contribution in [1.82, 2.24) is 10.3 Å². The van der Waals surface area contributed by atoms with Crippen LogP contribution in [0.5, 0.6) is 0 Å². The molecule has 0 fully saturated rings. The van der Waals surface area contributed by atoms with Crippen molar-refractivity contribution in [2.45, 2.75) is 26.4 Å². The molecule has 1 heterocycles. The lowest BCUT2D eigenvalue weighted by Gasteiger charge is -2.09. The maximum Gasteiger partial charge on any atom is 0.307 e. The van der Waals surface area contributed by atoms with Crippen LogP contribution >= 0.6 is 0 Å². The number of aryl methyl sites for hydroxylation is 1. The first-order valence-corrected chi connectivity index (χ1v) is 6.57. The fraction of sp³-hybridized carbons (Fsp3) is 0.250. The van der Waals surface area contributed by atoms with E-state index in [1.807, 2.05) is 49.4 Å². The Labute approximate surface area is 118 Å². The monoisotopic (exact) mass is 270 g/mol. The van der Waals surface area contributed by atoms with E-state index in [0.29, 0.717) is 13.1 Å². The molecule has 1 aromatic heterocycles. The zero-order valence-electron chi connectivity index (χ0n) is 11.5. The van der Waals surface area contributed by atoms with Gasteiger partial charge in [0.1, 0.15) is 0 Å². The number of hydrogen-bond donors (Lipinski definition) is 2. The average Bonchev–Trinajstić information content (AvgIpc) is 2.40. The minimum Gasteiger partial charge on any atom is -0.481 e. The van der Waals surface area contributed by atoms with E-state index in [1.165, 1.54) is 0 Å². The molecule has 0 saturated heterocycles. The molecule has 104 valence electrons. The molecule has 0 atom stereocenters. The highest BCUT2D eigenvalue weighted by Crippen LogP contribution is 2.10. The first-order chi connectivity index (χ1) is 9.65. The van der Waals surface area contributed by atoms with Crippen molar-refractivity contribution in [3.05, 3.63) is 65.0 Å². The summed E-state index contributed by atoms with van der Waals surface area (Å²) in [4.78, 5) is 15.2. The van der Waals surface area contributed by atoms with Gasteiger partial charge in [-0.15, -0.1) is 0 Å². The van der Waals surface area contributed by atoms with Crippen LogP contribution in [0.25, 0.3) is 0 Å². The highest BCUT2D eigenvalue weighted by molar-refractivity contribution is 5.70. The number of aliphatic carboxylic acids is 1. The topological polar surface area (TPSA) is 62.2 Å². The van der Waals surface area contributed by atoms with Gasteiger partial charge in [-0.3, -0.25) is 9.78 Å². The molecular weight excluding hydrogens is 252 g/mol. The molecule has 0 unspecified atom stereocenters. The number of rotatable bonds is 6. The van der Waals surface area contributed by atoms with Crippen molar-refractivity contribution in [1.29, 1.82) is 0 Å². The first kappa shape index (κ1) is 14.2. The van der Waals surface area contributed by atoms with Gasteiger partial charge in [0.05, 0.1) is 12.1 Å². The fourth-order valence-corrected chi connectivity index (χ4v) is 2.09. The highest BCUT2D eigenvalue weighted by Gasteiger charge is 2.05. The summed E-state index contributed by atoms with van der Waals surface area (Å²) in [5, 5.41) is 12.2. The van der Waals surface area contributed by atoms with E-state index in [-0.39, 0.29) is 6.42 Å². The van der Waals surface area contributed by atoms with E-state index < -0.39 is 5.97 Å². The SMILES string of the molecule is Cc1cccc(CNCc2ccccc2CC(=O)O)n1. The van der Waals surface area contributed by atoms with Crippen molar-refractivity contribution >= 4 is 5.97 Å². The van der Waals surface area contributed by atoms with Crippen molar-refractivity contribution in [2.24, 2.45) is 0 Å². The lowest BCUT2D eigenvalue weighted by molar-refractivity contribution is -0.136. The smallest absolute Gasteiger partial charge is 0.307 e. The summed E-state index contributed by atoms with van der Waals surface area (Å²) in [6, 6.07) is 13.5. The lowest BCUT2D eigenvalue weighted by atomic mass is 10.0. The van der Waals surface area contributed by atoms with Gasteiger partial charge < -0.3 is 10.4 Å². The van der Waals surface area contributed by atoms with Crippen molar-refractivity contribution < 1.29 is 9.90 Å². The van der Waals surface area contributed by atoms with Crippen LogP contribution in [-0.4, -0.2) is 16.1 Å². The molecular formula is C16H18N2O2. The predicted molar refractivity (Wildman–Crippen MR) is 77.3 cm³/mol. The number of nitrogens with zero attached hydrogens (tertiary/aromatic N) is 1. The predicted octanol–water partition coefficient (Wildman–Crippen LogP) is 2.31. The quantitative estimate of drug-likeness (QED) is 0.845. The molecule has 0 saturated carbocycles. The van der Waals surface area contributed by atoms with Crippen LogP contribution in [0.4, 0.5) is 0 Å². The van der Waals surface area contributed by atoms with Gasteiger partial charge in [-0.2, -0.15) is 0 Å². The number of carbonyl (C=O) groups is 1. The van der Waals surface area contributed by atoms with Crippen molar-refractivity contribution in [3.63, 3.8) is 0 Å². The molecule has 0 aliphatic carbocycles. The van der Waals surface area contributed by atoms with Crippen LogP contribution in [0, 0.1) is 6.92 Å². The third-order valence-electron chi connectivity index (χ3n) is 3.03. The van der Waals surface area contributed by atoms with Crippen LogP contribution in [0.3, 0.4) is 0 Å². The maximum absolute atomic E-state index is 10.8. The highest BCUT2D eigenvalue weighted by atomic mass is 16.4. The third kappa shape index (κ3) is 4.17. The lowest BCUT2D eigenvalue weighted by Crippen LogP contribution is -2.16. The molecule has 0 radical (unpaired) electrons. The summed E-state index contributed by atoms with van der Waals surface area (Å²) in [6.45, 7) is 3.27. The summed E-state index contributed by atoms with van der Waals surface area (Å²) < 4.78 is 0.